The van der Waals surface area contributed by atoms with E-state index in [4.69, 9.17) is 13.9 Å². The Kier molecular flexibility index (Phi) is 5.63. The molecule has 0 saturated heterocycles. The molecule has 1 aliphatic heterocycles. The van der Waals surface area contributed by atoms with Crippen LogP contribution >= 0.6 is 15.9 Å². The Morgan fingerprint density at radius 3 is 2.43 bits per heavy atom. The molecule has 0 bridgehead atoms. The van der Waals surface area contributed by atoms with Crippen LogP contribution in [0.15, 0.2) is 68.8 Å². The molecule has 0 spiro atoms. The Hall–Kier alpha value is -3.06. The average Bonchev–Trinajstić information content (AvgIpc) is 3.40. The number of carbonyl (C=O) groups excluding carboxylic acids is 1. The van der Waals surface area contributed by atoms with E-state index in [1.807, 2.05) is 49.4 Å². The van der Waals surface area contributed by atoms with E-state index in [9.17, 15) is 4.79 Å². The Morgan fingerprint density at radius 2 is 1.80 bits per heavy atom. The van der Waals surface area contributed by atoms with Crippen molar-refractivity contribution < 1.29 is 18.7 Å². The summed E-state index contributed by atoms with van der Waals surface area (Å²) in [5.74, 6) is 1.20. The molecule has 2 heterocycles. The van der Waals surface area contributed by atoms with Crippen LogP contribution in [0.3, 0.4) is 0 Å². The summed E-state index contributed by atoms with van der Waals surface area (Å²) < 4.78 is 16.7. The maximum absolute atomic E-state index is 13.2. The lowest BCUT2D eigenvalue weighted by Gasteiger charge is -2.21. The molecule has 2 aromatic carbocycles. The molecule has 0 N–H and O–H groups in total. The van der Waals surface area contributed by atoms with Crippen molar-refractivity contribution in [3.8, 4) is 11.5 Å². The van der Waals surface area contributed by atoms with Crippen LogP contribution in [-0.2, 0) is 0 Å². The Balaban J connectivity index is 1.73. The highest BCUT2D eigenvalue weighted by Gasteiger charge is 2.35. The minimum atomic E-state index is -0.290. The van der Waals surface area contributed by atoms with Crippen molar-refractivity contribution in [2.24, 2.45) is 5.10 Å². The van der Waals surface area contributed by atoms with Crippen molar-refractivity contribution in [3.63, 3.8) is 0 Å². The third kappa shape index (κ3) is 3.85. The van der Waals surface area contributed by atoms with Crippen molar-refractivity contribution in [1.82, 2.24) is 5.01 Å². The highest BCUT2D eigenvalue weighted by atomic mass is 79.9. The van der Waals surface area contributed by atoms with Crippen LogP contribution in [0.4, 0.5) is 0 Å². The summed E-state index contributed by atoms with van der Waals surface area (Å²) in [6.45, 7) is 2.04. The molecule has 0 aliphatic carbocycles. The largest absolute Gasteiger partial charge is 0.493 e. The summed E-state index contributed by atoms with van der Waals surface area (Å²) in [7, 11) is 3.19. The van der Waals surface area contributed by atoms with Gasteiger partial charge < -0.3 is 13.9 Å². The number of hydrogen-bond acceptors (Lipinski definition) is 5. The summed E-state index contributed by atoms with van der Waals surface area (Å²) >= 11 is 3.26. The first-order valence-corrected chi connectivity index (χ1v) is 10.2. The summed E-state index contributed by atoms with van der Waals surface area (Å²) in [5, 5.41) is 6.19. The molecular weight excluding hydrogens is 448 g/mol. The number of furan rings is 1. The van der Waals surface area contributed by atoms with E-state index in [-0.39, 0.29) is 17.7 Å². The van der Waals surface area contributed by atoms with Crippen molar-refractivity contribution in [2.75, 3.05) is 14.2 Å². The van der Waals surface area contributed by atoms with Crippen molar-refractivity contribution >= 4 is 27.5 Å². The van der Waals surface area contributed by atoms with Crippen LogP contribution < -0.4 is 9.47 Å². The number of methoxy groups -OCH3 is 2. The second-order valence-corrected chi connectivity index (χ2v) is 7.78. The number of aryl methyl sites for hydroxylation is 1. The van der Waals surface area contributed by atoms with Crippen LogP contribution in [-0.4, -0.2) is 30.8 Å². The topological polar surface area (TPSA) is 64.3 Å². The molecule has 1 aromatic heterocycles. The molecule has 6 nitrogen and oxygen atoms in total. The summed E-state index contributed by atoms with van der Waals surface area (Å²) in [6.07, 6.45) is 0.576. The summed E-state index contributed by atoms with van der Waals surface area (Å²) in [4.78, 5) is 13.2. The normalized spacial score (nSPS) is 15.8. The number of nitrogens with zero attached hydrogens (tertiary/aromatic N) is 2. The second-order valence-electron chi connectivity index (χ2n) is 7.00. The monoisotopic (exact) mass is 468 g/mol. The van der Waals surface area contributed by atoms with Gasteiger partial charge in [0, 0.05) is 12.0 Å². The zero-order chi connectivity index (χ0) is 21.3. The van der Waals surface area contributed by atoms with Gasteiger partial charge in [0.1, 0.15) is 0 Å². The minimum absolute atomic E-state index is 0.231. The van der Waals surface area contributed by atoms with Crippen LogP contribution in [0, 0.1) is 6.92 Å². The fraction of sp³-hybridized carbons (Fsp3) is 0.217. The fourth-order valence-electron chi connectivity index (χ4n) is 3.48. The molecule has 1 aliphatic rings. The lowest BCUT2D eigenvalue weighted by atomic mass is 9.97. The summed E-state index contributed by atoms with van der Waals surface area (Å²) in [6, 6.07) is 16.9. The lowest BCUT2D eigenvalue weighted by molar-refractivity contribution is 0.0677. The molecule has 154 valence electrons. The first-order valence-electron chi connectivity index (χ1n) is 9.45. The molecule has 7 heteroatoms. The molecule has 1 atom stereocenters. The van der Waals surface area contributed by atoms with E-state index in [1.54, 1.807) is 26.4 Å². The average molecular weight is 469 g/mol. The number of ether oxygens (including phenoxy) is 2. The quantitative estimate of drug-likeness (QED) is 0.505. The molecule has 1 amide bonds. The molecule has 0 unspecified atom stereocenters. The van der Waals surface area contributed by atoms with Crippen LogP contribution in [0.25, 0.3) is 0 Å². The number of amides is 1. The number of hydrazone groups is 1. The number of carbonyl (C=O) groups is 1. The maximum Gasteiger partial charge on any atom is 0.310 e. The van der Waals surface area contributed by atoms with E-state index >= 15 is 0 Å². The predicted octanol–water partition coefficient (Wildman–Crippen LogP) is 5.36. The van der Waals surface area contributed by atoms with E-state index in [0.717, 1.165) is 22.4 Å². The third-order valence-electron chi connectivity index (χ3n) is 5.08. The number of benzene rings is 2. The van der Waals surface area contributed by atoms with Crippen molar-refractivity contribution in [3.05, 3.63) is 81.7 Å². The molecule has 0 radical (unpaired) electrons. The predicted molar refractivity (Wildman–Crippen MR) is 117 cm³/mol. The van der Waals surface area contributed by atoms with Gasteiger partial charge in [0.25, 0.3) is 0 Å². The van der Waals surface area contributed by atoms with E-state index in [0.29, 0.717) is 22.6 Å². The van der Waals surface area contributed by atoms with Gasteiger partial charge in [-0.15, -0.1) is 0 Å². The standard InChI is InChI=1S/C23H21BrN2O4/c1-14-4-6-15(7-5-14)18-13-17(16-8-9-19(28-2)21(12-16)29-3)25-26(18)23(27)20-10-11-22(24)30-20/h4-12,18H,13H2,1-3H3/t18-/m0/s1. The first kappa shape index (κ1) is 20.2. The zero-order valence-corrected chi connectivity index (χ0v) is 18.5. The van der Waals surface area contributed by atoms with Crippen LogP contribution in [0.1, 0.15) is 39.7 Å². The zero-order valence-electron chi connectivity index (χ0n) is 16.9. The van der Waals surface area contributed by atoms with Crippen LogP contribution in [0.2, 0.25) is 0 Å². The van der Waals surface area contributed by atoms with Gasteiger partial charge >= 0.3 is 5.91 Å². The van der Waals surface area contributed by atoms with Crippen LogP contribution in [0.5, 0.6) is 11.5 Å². The molecule has 0 fully saturated rings. The van der Waals surface area contributed by atoms with Gasteiger partial charge in [-0.1, -0.05) is 29.8 Å². The number of rotatable bonds is 5. The molecule has 3 aromatic rings. The molecular formula is C23H21BrN2O4. The maximum atomic E-state index is 13.2. The van der Waals surface area contributed by atoms with Gasteiger partial charge in [0.15, 0.2) is 21.9 Å². The van der Waals surface area contributed by atoms with Gasteiger partial charge in [-0.3, -0.25) is 4.79 Å². The number of hydrogen-bond donors (Lipinski definition) is 0. The van der Waals surface area contributed by atoms with Gasteiger partial charge in [0.05, 0.1) is 26.0 Å². The highest BCUT2D eigenvalue weighted by molar-refractivity contribution is 9.10. The smallest absolute Gasteiger partial charge is 0.310 e. The minimum Gasteiger partial charge on any atom is -0.493 e. The van der Waals surface area contributed by atoms with E-state index in [1.165, 1.54) is 5.01 Å². The Morgan fingerprint density at radius 1 is 1.07 bits per heavy atom. The Bertz CT molecular complexity index is 1100. The molecule has 0 saturated carbocycles. The third-order valence-corrected chi connectivity index (χ3v) is 5.51. The number of halogens is 1. The molecule has 30 heavy (non-hydrogen) atoms. The van der Waals surface area contributed by atoms with Gasteiger partial charge in [-0.25, -0.2) is 5.01 Å². The highest BCUT2D eigenvalue weighted by Crippen LogP contribution is 2.36. The van der Waals surface area contributed by atoms with Gasteiger partial charge in [0.2, 0.25) is 0 Å². The second kappa shape index (κ2) is 8.36. The molecule has 4 rings (SSSR count). The first-order chi connectivity index (χ1) is 14.5. The Labute approximate surface area is 183 Å². The SMILES string of the molecule is COc1ccc(C2=NN(C(=O)c3ccc(Br)o3)[C@H](c3ccc(C)cc3)C2)cc1OC. The fourth-order valence-corrected chi connectivity index (χ4v) is 3.78. The van der Waals surface area contributed by atoms with Gasteiger partial charge in [-0.05, 0) is 58.7 Å². The van der Waals surface area contributed by atoms with E-state index in [2.05, 4.69) is 21.0 Å². The van der Waals surface area contributed by atoms with E-state index < -0.39 is 0 Å². The summed E-state index contributed by atoms with van der Waals surface area (Å²) in [5.41, 5.74) is 3.84. The van der Waals surface area contributed by atoms with Crippen molar-refractivity contribution in [1.29, 1.82) is 0 Å². The van der Waals surface area contributed by atoms with Crippen molar-refractivity contribution in [2.45, 2.75) is 19.4 Å². The van der Waals surface area contributed by atoms with Gasteiger partial charge in [-0.2, -0.15) is 5.10 Å². The lowest BCUT2D eigenvalue weighted by Crippen LogP contribution is -2.26.